The number of para-hydroxylation sites is 1. The minimum absolute atomic E-state index is 0.0263. The average molecular weight is 386 g/mol. The Morgan fingerprint density at radius 1 is 1.14 bits per heavy atom. The second-order valence-corrected chi connectivity index (χ2v) is 6.79. The Labute approximate surface area is 161 Å². The van der Waals surface area contributed by atoms with Crippen molar-refractivity contribution in [2.75, 3.05) is 13.7 Å². The van der Waals surface area contributed by atoms with Gasteiger partial charge in [-0.2, -0.15) is 0 Å². The molecule has 0 unspecified atom stereocenters. The lowest BCUT2D eigenvalue weighted by Gasteiger charge is -2.28. The van der Waals surface area contributed by atoms with Gasteiger partial charge in [-0.25, -0.2) is 0 Å². The van der Waals surface area contributed by atoms with E-state index >= 15 is 0 Å². The summed E-state index contributed by atoms with van der Waals surface area (Å²) in [6.45, 7) is -0.146. The van der Waals surface area contributed by atoms with Gasteiger partial charge in [0, 0.05) is 18.0 Å². The maximum atomic E-state index is 12.5. The smallest absolute Gasteiger partial charge is 0.325 e. The first kappa shape index (κ1) is 19.6. The number of carbonyl (C=O) groups is 3. The van der Waals surface area contributed by atoms with Gasteiger partial charge in [0.15, 0.2) is 11.2 Å². The lowest BCUT2D eigenvalue weighted by atomic mass is 9.85. The number of amides is 2. The summed E-state index contributed by atoms with van der Waals surface area (Å²) in [6, 6.07) is 7.86. The van der Waals surface area contributed by atoms with Crippen molar-refractivity contribution in [1.29, 1.82) is 0 Å². The van der Waals surface area contributed by atoms with E-state index in [1.165, 1.54) is 13.2 Å². The van der Waals surface area contributed by atoms with Crippen LogP contribution in [0.25, 0.3) is 11.0 Å². The first-order valence-electron chi connectivity index (χ1n) is 9.16. The summed E-state index contributed by atoms with van der Waals surface area (Å²) in [7, 11) is 1.26. The molecule has 148 valence electrons. The highest BCUT2D eigenvalue weighted by Gasteiger charge is 2.28. The lowest BCUT2D eigenvalue weighted by Crippen LogP contribution is -2.42. The topological polar surface area (TPSA) is 115 Å². The van der Waals surface area contributed by atoms with Crippen LogP contribution >= 0.6 is 0 Å². The van der Waals surface area contributed by atoms with Crippen LogP contribution in [0, 0.1) is 5.92 Å². The summed E-state index contributed by atoms with van der Waals surface area (Å²) < 4.78 is 10.0. The molecule has 2 N–H and O–H groups in total. The molecule has 1 fully saturated rings. The van der Waals surface area contributed by atoms with E-state index in [-0.39, 0.29) is 35.6 Å². The number of esters is 1. The van der Waals surface area contributed by atoms with Crippen LogP contribution in [0.2, 0.25) is 0 Å². The third kappa shape index (κ3) is 4.57. The molecule has 0 radical (unpaired) electrons. The number of benzene rings is 1. The highest BCUT2D eigenvalue weighted by atomic mass is 16.5. The fourth-order valence-corrected chi connectivity index (χ4v) is 3.35. The molecule has 1 saturated carbocycles. The Hall–Kier alpha value is -3.16. The van der Waals surface area contributed by atoms with Gasteiger partial charge >= 0.3 is 5.97 Å². The van der Waals surface area contributed by atoms with Gasteiger partial charge in [0.05, 0.1) is 12.5 Å². The minimum Gasteiger partial charge on any atom is -0.468 e. The summed E-state index contributed by atoms with van der Waals surface area (Å²) in [6.07, 6.45) is 2.44. The molecule has 1 heterocycles. The molecule has 3 rings (SSSR count). The Morgan fingerprint density at radius 3 is 2.57 bits per heavy atom. The largest absolute Gasteiger partial charge is 0.468 e. The van der Waals surface area contributed by atoms with E-state index in [9.17, 15) is 19.2 Å². The van der Waals surface area contributed by atoms with Gasteiger partial charge in [-0.15, -0.1) is 0 Å². The van der Waals surface area contributed by atoms with Crippen molar-refractivity contribution in [1.82, 2.24) is 10.6 Å². The Kier molecular flexibility index (Phi) is 6.08. The first-order chi connectivity index (χ1) is 13.5. The van der Waals surface area contributed by atoms with Crippen molar-refractivity contribution in [3.05, 3.63) is 46.3 Å². The van der Waals surface area contributed by atoms with Gasteiger partial charge in [-0.3, -0.25) is 19.2 Å². The lowest BCUT2D eigenvalue weighted by molar-refractivity contribution is -0.141. The normalized spacial score (nSPS) is 19.0. The number of nitrogens with one attached hydrogen (secondary N) is 2. The predicted octanol–water partition coefficient (Wildman–Crippen LogP) is 1.37. The molecule has 0 saturated heterocycles. The van der Waals surface area contributed by atoms with Crippen LogP contribution in [-0.4, -0.2) is 37.5 Å². The van der Waals surface area contributed by atoms with Gasteiger partial charge in [0.25, 0.3) is 5.91 Å². The molecule has 8 nitrogen and oxygen atoms in total. The SMILES string of the molecule is COC(=O)CNC(=O)C1CCC(NC(=O)c2cc(=O)c3ccccc3o2)CC1. The number of fused-ring (bicyclic) bond motifs is 1. The zero-order chi connectivity index (χ0) is 20.1. The molecule has 28 heavy (non-hydrogen) atoms. The van der Waals surface area contributed by atoms with Crippen LogP contribution < -0.4 is 16.1 Å². The molecule has 1 aromatic heterocycles. The van der Waals surface area contributed by atoms with Gasteiger partial charge in [0.2, 0.25) is 5.91 Å². The molecule has 0 aliphatic heterocycles. The van der Waals surface area contributed by atoms with E-state index in [2.05, 4.69) is 15.4 Å². The summed E-state index contributed by atoms with van der Waals surface area (Å²) in [5, 5.41) is 5.85. The minimum atomic E-state index is -0.494. The summed E-state index contributed by atoms with van der Waals surface area (Å²) >= 11 is 0. The van der Waals surface area contributed by atoms with Crippen LogP contribution in [0.15, 0.2) is 39.5 Å². The molecule has 2 aromatic rings. The van der Waals surface area contributed by atoms with Crippen LogP contribution in [-0.2, 0) is 14.3 Å². The van der Waals surface area contributed by atoms with E-state index in [1.807, 2.05) is 0 Å². The predicted molar refractivity (Wildman–Crippen MR) is 101 cm³/mol. The van der Waals surface area contributed by atoms with Crippen molar-refractivity contribution in [3.63, 3.8) is 0 Å². The van der Waals surface area contributed by atoms with Crippen molar-refractivity contribution in [2.45, 2.75) is 31.7 Å². The molecule has 0 bridgehead atoms. The Morgan fingerprint density at radius 2 is 1.86 bits per heavy atom. The Balaban J connectivity index is 1.55. The molecular weight excluding hydrogens is 364 g/mol. The van der Waals surface area contributed by atoms with Gasteiger partial charge in [-0.1, -0.05) is 12.1 Å². The molecule has 1 aromatic carbocycles. The molecule has 2 amide bonds. The van der Waals surface area contributed by atoms with Gasteiger partial charge < -0.3 is 19.8 Å². The van der Waals surface area contributed by atoms with Crippen LogP contribution in [0.4, 0.5) is 0 Å². The number of hydrogen-bond acceptors (Lipinski definition) is 6. The fourth-order valence-electron chi connectivity index (χ4n) is 3.35. The van der Waals surface area contributed by atoms with E-state index in [1.54, 1.807) is 24.3 Å². The number of rotatable bonds is 5. The highest BCUT2D eigenvalue weighted by Crippen LogP contribution is 2.25. The molecule has 0 atom stereocenters. The number of carbonyl (C=O) groups excluding carboxylic acids is 3. The highest BCUT2D eigenvalue weighted by molar-refractivity contribution is 5.93. The quantitative estimate of drug-likeness (QED) is 0.750. The molecule has 1 aliphatic rings. The number of methoxy groups -OCH3 is 1. The molecule has 1 aliphatic carbocycles. The number of ether oxygens (including phenoxy) is 1. The molecule has 8 heteroatoms. The molecule has 0 spiro atoms. The number of hydrogen-bond donors (Lipinski definition) is 2. The van der Waals surface area contributed by atoms with Gasteiger partial charge in [0.1, 0.15) is 12.1 Å². The zero-order valence-corrected chi connectivity index (χ0v) is 15.5. The second-order valence-electron chi connectivity index (χ2n) is 6.79. The second kappa shape index (κ2) is 8.69. The summed E-state index contributed by atoms with van der Waals surface area (Å²) in [5.74, 6) is -1.35. The maximum Gasteiger partial charge on any atom is 0.325 e. The maximum absolute atomic E-state index is 12.5. The van der Waals surface area contributed by atoms with Gasteiger partial charge in [-0.05, 0) is 37.8 Å². The van der Waals surface area contributed by atoms with E-state index in [4.69, 9.17) is 4.42 Å². The average Bonchev–Trinajstić information content (AvgIpc) is 2.72. The van der Waals surface area contributed by atoms with Crippen LogP contribution in [0.1, 0.15) is 36.2 Å². The third-order valence-corrected chi connectivity index (χ3v) is 4.93. The third-order valence-electron chi connectivity index (χ3n) is 4.93. The van der Waals surface area contributed by atoms with Crippen molar-refractivity contribution < 1.29 is 23.5 Å². The molecular formula is C20H22N2O6. The monoisotopic (exact) mass is 386 g/mol. The van der Waals surface area contributed by atoms with E-state index < -0.39 is 11.9 Å². The fraction of sp³-hybridized carbons (Fsp3) is 0.400. The van der Waals surface area contributed by atoms with E-state index in [0.29, 0.717) is 36.7 Å². The Bertz CT molecular complexity index is 943. The van der Waals surface area contributed by atoms with Crippen molar-refractivity contribution >= 4 is 28.8 Å². The van der Waals surface area contributed by atoms with Crippen LogP contribution in [0.5, 0.6) is 0 Å². The van der Waals surface area contributed by atoms with Crippen molar-refractivity contribution in [2.24, 2.45) is 5.92 Å². The summed E-state index contributed by atoms with van der Waals surface area (Å²) in [4.78, 5) is 47.8. The van der Waals surface area contributed by atoms with Crippen molar-refractivity contribution in [3.8, 4) is 0 Å². The van der Waals surface area contributed by atoms with E-state index in [0.717, 1.165) is 0 Å². The van der Waals surface area contributed by atoms with Crippen LogP contribution in [0.3, 0.4) is 0 Å². The zero-order valence-electron chi connectivity index (χ0n) is 15.5. The standard InChI is InChI=1S/C20H22N2O6/c1-27-18(24)11-21-19(25)12-6-8-13(9-7-12)22-20(26)17-10-15(23)14-4-2-3-5-16(14)28-17/h2-5,10,12-13H,6-9,11H2,1H3,(H,21,25)(H,22,26). The summed E-state index contributed by atoms with van der Waals surface area (Å²) in [5.41, 5.74) is 0.101. The first-order valence-corrected chi connectivity index (χ1v) is 9.16.